The molecule has 0 saturated carbocycles. The minimum absolute atomic E-state index is 0.116. The Morgan fingerprint density at radius 1 is 0.871 bits per heavy atom. The maximum atomic E-state index is 13.3. The lowest BCUT2D eigenvalue weighted by Crippen LogP contribution is -2.34. The predicted molar refractivity (Wildman–Crippen MR) is 121 cm³/mol. The Morgan fingerprint density at radius 2 is 1.52 bits per heavy atom. The molecule has 0 saturated heterocycles. The van der Waals surface area contributed by atoms with Gasteiger partial charge in [-0.3, -0.25) is 4.79 Å². The molecule has 2 atom stereocenters. The normalized spacial score (nSPS) is 17.8. The smallest absolute Gasteiger partial charge is 0.316 e. The summed E-state index contributed by atoms with van der Waals surface area (Å²) in [4.78, 5) is 13.3. The van der Waals surface area contributed by atoms with Gasteiger partial charge < -0.3 is 4.74 Å². The number of aromatic nitrogens is 2. The Bertz CT molecular complexity index is 1210. The molecule has 1 aliphatic rings. The number of hydrogen-bond donors (Lipinski definition) is 0. The number of carbonyl (C=O) groups is 1. The highest BCUT2D eigenvalue weighted by atomic mass is 16.5. The van der Waals surface area contributed by atoms with Crippen molar-refractivity contribution in [2.24, 2.45) is 5.92 Å². The predicted octanol–water partition coefficient (Wildman–Crippen LogP) is 5.40. The number of hydrogen-bond acceptors (Lipinski definition) is 3. The summed E-state index contributed by atoms with van der Waals surface area (Å²) >= 11 is 0. The van der Waals surface area contributed by atoms with Gasteiger partial charge in [0.2, 0.25) is 5.88 Å². The van der Waals surface area contributed by atoms with Crippen molar-refractivity contribution < 1.29 is 9.53 Å². The molecule has 0 unspecified atom stereocenters. The van der Waals surface area contributed by atoms with Gasteiger partial charge in [0.15, 0.2) is 0 Å². The topological polar surface area (TPSA) is 44.1 Å². The van der Waals surface area contributed by atoms with E-state index in [1.807, 2.05) is 55.5 Å². The summed E-state index contributed by atoms with van der Waals surface area (Å²) in [6, 6.07) is 28.4. The van der Waals surface area contributed by atoms with Crippen LogP contribution < -0.4 is 4.74 Å². The van der Waals surface area contributed by atoms with Crippen molar-refractivity contribution >= 4 is 5.97 Å². The van der Waals surface area contributed by atoms with Crippen molar-refractivity contribution in [3.8, 4) is 11.6 Å². The number of benzene rings is 3. The SMILES string of the molecule is Cc1ccc([C@H]2c3c(C)nn(-c4ccccc4)c3OC(=O)[C@H]2Cc2ccccc2)cc1. The van der Waals surface area contributed by atoms with E-state index in [2.05, 4.69) is 43.3 Å². The van der Waals surface area contributed by atoms with Crippen molar-refractivity contribution in [2.45, 2.75) is 26.2 Å². The second kappa shape index (κ2) is 7.88. The molecule has 0 aliphatic carbocycles. The molecule has 1 aliphatic heterocycles. The first kappa shape index (κ1) is 19.3. The van der Waals surface area contributed by atoms with E-state index in [1.165, 1.54) is 5.56 Å². The maximum absolute atomic E-state index is 13.3. The van der Waals surface area contributed by atoms with Gasteiger partial charge in [-0.25, -0.2) is 4.68 Å². The van der Waals surface area contributed by atoms with Crippen molar-refractivity contribution in [3.63, 3.8) is 0 Å². The van der Waals surface area contributed by atoms with Crippen LogP contribution >= 0.6 is 0 Å². The molecule has 0 spiro atoms. The van der Waals surface area contributed by atoms with Gasteiger partial charge in [-0.05, 0) is 43.5 Å². The molecular weight excluding hydrogens is 384 g/mol. The van der Waals surface area contributed by atoms with Crippen LogP contribution in [0.15, 0.2) is 84.9 Å². The van der Waals surface area contributed by atoms with Crippen molar-refractivity contribution in [1.82, 2.24) is 9.78 Å². The number of nitrogens with zero attached hydrogens (tertiary/aromatic N) is 2. The van der Waals surface area contributed by atoms with Crippen LogP contribution in [0.2, 0.25) is 0 Å². The zero-order chi connectivity index (χ0) is 21.4. The monoisotopic (exact) mass is 408 g/mol. The number of ether oxygens (including phenoxy) is 1. The van der Waals surface area contributed by atoms with Gasteiger partial charge in [-0.1, -0.05) is 78.4 Å². The van der Waals surface area contributed by atoms with Crippen molar-refractivity contribution in [2.75, 3.05) is 0 Å². The van der Waals surface area contributed by atoms with Gasteiger partial charge in [0.05, 0.1) is 17.3 Å². The van der Waals surface area contributed by atoms with Crippen LogP contribution in [0.4, 0.5) is 0 Å². The molecule has 4 aromatic rings. The van der Waals surface area contributed by atoms with Crippen LogP contribution in [0, 0.1) is 19.8 Å². The summed E-state index contributed by atoms with van der Waals surface area (Å²) in [6.07, 6.45) is 0.619. The molecule has 3 aromatic carbocycles. The largest absolute Gasteiger partial charge is 0.407 e. The van der Waals surface area contributed by atoms with Gasteiger partial charge in [0.25, 0.3) is 0 Å². The van der Waals surface area contributed by atoms with Crippen LogP contribution in [0.3, 0.4) is 0 Å². The third-order valence-corrected chi connectivity index (χ3v) is 6.01. The lowest BCUT2D eigenvalue weighted by Gasteiger charge is -2.31. The molecule has 154 valence electrons. The zero-order valence-corrected chi connectivity index (χ0v) is 17.7. The van der Waals surface area contributed by atoms with E-state index in [9.17, 15) is 4.79 Å². The molecule has 0 radical (unpaired) electrons. The van der Waals surface area contributed by atoms with Gasteiger partial charge in [0.1, 0.15) is 0 Å². The van der Waals surface area contributed by atoms with Gasteiger partial charge in [-0.2, -0.15) is 5.10 Å². The maximum Gasteiger partial charge on any atom is 0.316 e. The van der Waals surface area contributed by atoms with E-state index in [4.69, 9.17) is 9.84 Å². The standard InChI is InChI=1S/C27H24N2O2/c1-18-13-15-21(16-14-18)25-23(17-20-9-5-3-6-10-20)27(30)31-26-24(25)19(2)28-29(26)22-11-7-4-8-12-22/h3-16,23,25H,17H2,1-2H3/t23-,25+/m0/s1. The summed E-state index contributed by atoms with van der Waals surface area (Å²) in [5.41, 5.74) is 6.18. The Balaban J connectivity index is 1.67. The van der Waals surface area contributed by atoms with E-state index in [1.54, 1.807) is 4.68 Å². The van der Waals surface area contributed by atoms with E-state index in [-0.39, 0.29) is 17.8 Å². The molecule has 5 rings (SSSR count). The summed E-state index contributed by atoms with van der Waals surface area (Å²) in [6.45, 7) is 4.07. The molecular formula is C27H24N2O2. The van der Waals surface area contributed by atoms with E-state index in [0.29, 0.717) is 12.3 Å². The fourth-order valence-electron chi connectivity index (χ4n) is 4.47. The number of para-hydroxylation sites is 1. The van der Waals surface area contributed by atoms with E-state index < -0.39 is 0 Å². The summed E-state index contributed by atoms with van der Waals surface area (Å²) < 4.78 is 7.71. The molecule has 0 amide bonds. The Labute approximate surface area is 182 Å². The van der Waals surface area contributed by atoms with Crippen LogP contribution in [0.5, 0.6) is 5.88 Å². The van der Waals surface area contributed by atoms with Crippen molar-refractivity contribution in [1.29, 1.82) is 0 Å². The molecule has 2 heterocycles. The third kappa shape index (κ3) is 3.55. The van der Waals surface area contributed by atoms with Crippen LogP contribution in [-0.4, -0.2) is 15.7 Å². The Kier molecular flexibility index (Phi) is 4.91. The average Bonchev–Trinajstić information content (AvgIpc) is 3.12. The summed E-state index contributed by atoms with van der Waals surface area (Å²) in [7, 11) is 0. The Hall–Kier alpha value is -3.66. The molecule has 1 aromatic heterocycles. The second-order valence-corrected chi connectivity index (χ2v) is 8.16. The lowest BCUT2D eigenvalue weighted by molar-refractivity contribution is -0.141. The Morgan fingerprint density at radius 3 is 2.19 bits per heavy atom. The first-order chi connectivity index (χ1) is 15.1. The fourth-order valence-corrected chi connectivity index (χ4v) is 4.47. The molecule has 0 N–H and O–H groups in total. The van der Waals surface area contributed by atoms with Crippen molar-refractivity contribution in [3.05, 3.63) is 113 Å². The highest BCUT2D eigenvalue weighted by molar-refractivity contribution is 5.81. The summed E-state index contributed by atoms with van der Waals surface area (Å²) in [5.74, 6) is -0.109. The molecule has 0 fully saturated rings. The second-order valence-electron chi connectivity index (χ2n) is 8.16. The quantitative estimate of drug-likeness (QED) is 0.425. The summed E-state index contributed by atoms with van der Waals surface area (Å²) in [5, 5.41) is 4.77. The van der Waals surface area contributed by atoms with Gasteiger partial charge >= 0.3 is 5.97 Å². The molecule has 4 nitrogen and oxygen atoms in total. The molecule has 31 heavy (non-hydrogen) atoms. The van der Waals surface area contributed by atoms with E-state index >= 15 is 0 Å². The van der Waals surface area contributed by atoms with E-state index in [0.717, 1.165) is 28.1 Å². The highest BCUT2D eigenvalue weighted by Crippen LogP contribution is 2.45. The third-order valence-electron chi connectivity index (χ3n) is 6.01. The molecule has 4 heteroatoms. The zero-order valence-electron chi connectivity index (χ0n) is 17.7. The van der Waals surface area contributed by atoms with Gasteiger partial charge in [0, 0.05) is 11.5 Å². The number of esters is 1. The lowest BCUT2D eigenvalue weighted by atomic mass is 9.76. The number of rotatable bonds is 4. The van der Waals surface area contributed by atoms with Crippen LogP contribution in [0.25, 0.3) is 5.69 Å². The fraction of sp³-hybridized carbons (Fsp3) is 0.185. The molecule has 0 bridgehead atoms. The first-order valence-corrected chi connectivity index (χ1v) is 10.6. The van der Waals surface area contributed by atoms with Gasteiger partial charge in [-0.15, -0.1) is 0 Å². The first-order valence-electron chi connectivity index (χ1n) is 10.6. The average molecular weight is 409 g/mol. The number of fused-ring (bicyclic) bond motifs is 1. The highest BCUT2D eigenvalue weighted by Gasteiger charge is 2.42. The minimum Gasteiger partial charge on any atom is -0.407 e. The minimum atomic E-state index is -0.315. The number of carbonyl (C=O) groups excluding carboxylic acids is 1. The van der Waals surface area contributed by atoms with Crippen LogP contribution in [-0.2, 0) is 11.2 Å². The number of aryl methyl sites for hydroxylation is 2. The van der Waals surface area contributed by atoms with Crippen LogP contribution in [0.1, 0.15) is 33.9 Å².